The number of nitrogens with one attached hydrogen (secondary N) is 2. The molecule has 0 amide bonds. The summed E-state index contributed by atoms with van der Waals surface area (Å²) < 4.78 is 39.1. The fraction of sp³-hybridized carbons (Fsp3) is 0.417. The summed E-state index contributed by atoms with van der Waals surface area (Å²) in [7, 11) is 0. The summed E-state index contributed by atoms with van der Waals surface area (Å²) in [5, 5.41) is 5.93. The van der Waals surface area contributed by atoms with E-state index in [0.717, 1.165) is 6.07 Å². The predicted octanol–water partition coefficient (Wildman–Crippen LogP) is 2.91. The summed E-state index contributed by atoms with van der Waals surface area (Å²) in [5.74, 6) is 0.545. The van der Waals surface area contributed by atoms with Crippen LogP contribution >= 0.6 is 15.9 Å². The maximum Gasteiger partial charge on any atom is 0.416 e. The highest BCUT2D eigenvalue weighted by atomic mass is 79.9. The molecule has 2 N–H and O–H groups in total. The average molecular weight is 336 g/mol. The van der Waals surface area contributed by atoms with Crippen LogP contribution in [0.2, 0.25) is 0 Å². The molecule has 1 aromatic carbocycles. The highest BCUT2D eigenvalue weighted by Crippen LogP contribution is 2.33. The minimum absolute atomic E-state index is 0.0840. The highest BCUT2D eigenvalue weighted by Gasteiger charge is 2.33. The van der Waals surface area contributed by atoms with E-state index in [1.807, 2.05) is 6.92 Å². The van der Waals surface area contributed by atoms with E-state index in [4.69, 9.17) is 0 Å². The van der Waals surface area contributed by atoms with Crippen LogP contribution < -0.4 is 10.6 Å². The molecule has 19 heavy (non-hydrogen) atoms. The van der Waals surface area contributed by atoms with Crippen molar-refractivity contribution in [3.63, 3.8) is 0 Å². The molecular weight excluding hydrogens is 323 g/mol. The summed E-state index contributed by atoms with van der Waals surface area (Å²) in [4.78, 5) is 4.15. The Balaban J connectivity index is 2.12. The van der Waals surface area contributed by atoms with Crippen LogP contribution in [-0.2, 0) is 12.7 Å². The van der Waals surface area contributed by atoms with Crippen LogP contribution in [0.3, 0.4) is 0 Å². The Morgan fingerprint density at radius 3 is 2.79 bits per heavy atom. The van der Waals surface area contributed by atoms with E-state index < -0.39 is 11.7 Å². The van der Waals surface area contributed by atoms with Gasteiger partial charge in [0.15, 0.2) is 5.96 Å². The lowest BCUT2D eigenvalue weighted by Gasteiger charge is -2.15. The molecule has 104 valence electrons. The average Bonchev–Trinajstić information content (AvgIpc) is 2.72. The van der Waals surface area contributed by atoms with Crippen LogP contribution in [0.15, 0.2) is 27.7 Å². The van der Waals surface area contributed by atoms with Crippen molar-refractivity contribution in [1.82, 2.24) is 10.6 Å². The number of benzene rings is 1. The number of alkyl halides is 3. The predicted molar refractivity (Wildman–Crippen MR) is 70.9 cm³/mol. The van der Waals surface area contributed by atoms with Crippen LogP contribution in [0.5, 0.6) is 0 Å². The fourth-order valence-electron chi connectivity index (χ4n) is 1.81. The fourth-order valence-corrected chi connectivity index (χ4v) is 2.17. The Bertz CT molecular complexity index is 499. The Kier molecular flexibility index (Phi) is 4.03. The maximum absolute atomic E-state index is 12.9. The standard InChI is InChI=1S/C12H13BrF3N3/c1-7-5-17-11(19-7)18-6-8-2-3-9(13)4-10(8)12(14,15)16/h2-4,7H,5-6H2,1H3,(H2,17,18,19). The van der Waals surface area contributed by atoms with Crippen LogP contribution in [0.4, 0.5) is 13.2 Å². The minimum Gasteiger partial charge on any atom is -0.352 e. The van der Waals surface area contributed by atoms with E-state index in [1.165, 1.54) is 6.07 Å². The van der Waals surface area contributed by atoms with Crippen molar-refractivity contribution in [3.05, 3.63) is 33.8 Å². The second kappa shape index (κ2) is 5.40. The molecule has 0 aromatic heterocycles. The van der Waals surface area contributed by atoms with Crippen LogP contribution in [0.1, 0.15) is 18.1 Å². The van der Waals surface area contributed by atoms with Gasteiger partial charge >= 0.3 is 6.18 Å². The van der Waals surface area contributed by atoms with Crippen molar-refractivity contribution in [2.24, 2.45) is 4.99 Å². The monoisotopic (exact) mass is 335 g/mol. The zero-order chi connectivity index (χ0) is 14.0. The van der Waals surface area contributed by atoms with Crippen molar-refractivity contribution < 1.29 is 13.2 Å². The summed E-state index contributed by atoms with van der Waals surface area (Å²) in [6, 6.07) is 4.36. The largest absolute Gasteiger partial charge is 0.416 e. The first-order valence-corrected chi connectivity index (χ1v) is 6.56. The SMILES string of the molecule is CC1CN=C(NCc2ccc(Br)cc2C(F)(F)F)N1. The van der Waals surface area contributed by atoms with Gasteiger partial charge in [0.2, 0.25) is 0 Å². The van der Waals surface area contributed by atoms with Crippen LogP contribution in [0.25, 0.3) is 0 Å². The van der Waals surface area contributed by atoms with Gasteiger partial charge in [-0.15, -0.1) is 0 Å². The zero-order valence-electron chi connectivity index (χ0n) is 10.2. The van der Waals surface area contributed by atoms with E-state index in [9.17, 15) is 13.2 Å². The topological polar surface area (TPSA) is 36.4 Å². The van der Waals surface area contributed by atoms with Gasteiger partial charge in [0.05, 0.1) is 12.1 Å². The zero-order valence-corrected chi connectivity index (χ0v) is 11.8. The van der Waals surface area contributed by atoms with E-state index in [2.05, 4.69) is 31.6 Å². The first-order valence-electron chi connectivity index (χ1n) is 5.77. The maximum atomic E-state index is 12.9. The van der Waals surface area contributed by atoms with Crippen molar-refractivity contribution in [2.45, 2.75) is 25.7 Å². The minimum atomic E-state index is -4.36. The van der Waals surface area contributed by atoms with E-state index >= 15 is 0 Å². The molecule has 3 nitrogen and oxygen atoms in total. The number of halogens is 4. The number of hydrogen-bond donors (Lipinski definition) is 2. The Labute approximate surface area is 117 Å². The summed E-state index contributed by atoms with van der Waals surface area (Å²) in [6.07, 6.45) is -4.36. The first-order chi connectivity index (χ1) is 8.86. The van der Waals surface area contributed by atoms with E-state index in [-0.39, 0.29) is 18.2 Å². The lowest BCUT2D eigenvalue weighted by atomic mass is 10.1. The van der Waals surface area contributed by atoms with Gasteiger partial charge in [-0.2, -0.15) is 13.2 Å². The molecule has 1 heterocycles. The van der Waals surface area contributed by atoms with Gasteiger partial charge < -0.3 is 10.6 Å². The smallest absolute Gasteiger partial charge is 0.352 e. The molecule has 1 aliphatic heterocycles. The third kappa shape index (κ3) is 3.62. The number of hydrogen-bond acceptors (Lipinski definition) is 3. The number of nitrogens with zero attached hydrogens (tertiary/aromatic N) is 1. The van der Waals surface area contributed by atoms with Gasteiger partial charge in [-0.05, 0) is 24.6 Å². The molecule has 7 heteroatoms. The molecule has 1 atom stereocenters. The third-order valence-corrected chi connectivity index (χ3v) is 3.22. The molecule has 0 aliphatic carbocycles. The molecule has 1 unspecified atom stereocenters. The Hall–Kier alpha value is -1.24. The Morgan fingerprint density at radius 2 is 2.21 bits per heavy atom. The molecule has 1 aromatic rings. The van der Waals surface area contributed by atoms with Crippen molar-refractivity contribution >= 4 is 21.9 Å². The molecule has 0 bridgehead atoms. The Morgan fingerprint density at radius 1 is 1.47 bits per heavy atom. The second-order valence-corrected chi connectivity index (χ2v) is 5.30. The molecule has 2 rings (SSSR count). The highest BCUT2D eigenvalue weighted by molar-refractivity contribution is 9.10. The lowest BCUT2D eigenvalue weighted by Crippen LogP contribution is -2.37. The second-order valence-electron chi connectivity index (χ2n) is 4.39. The number of aliphatic imine (C=N–C) groups is 1. The normalized spacial score (nSPS) is 19.0. The van der Waals surface area contributed by atoms with Gasteiger partial charge in [-0.3, -0.25) is 4.99 Å². The van der Waals surface area contributed by atoms with Gasteiger partial charge in [-0.25, -0.2) is 0 Å². The summed E-state index contributed by atoms with van der Waals surface area (Å²) in [6.45, 7) is 2.68. The molecule has 1 aliphatic rings. The molecule has 0 spiro atoms. The molecule has 0 saturated heterocycles. The van der Waals surface area contributed by atoms with Gasteiger partial charge in [0, 0.05) is 17.1 Å². The quantitative estimate of drug-likeness (QED) is 0.871. The molecular formula is C12H13BrF3N3. The van der Waals surface area contributed by atoms with E-state index in [0.29, 0.717) is 17.0 Å². The van der Waals surface area contributed by atoms with E-state index in [1.54, 1.807) is 6.07 Å². The first kappa shape index (κ1) is 14.2. The van der Waals surface area contributed by atoms with Crippen molar-refractivity contribution in [1.29, 1.82) is 0 Å². The van der Waals surface area contributed by atoms with Crippen molar-refractivity contribution in [3.8, 4) is 0 Å². The summed E-state index contributed by atoms with van der Waals surface area (Å²) >= 11 is 3.06. The summed E-state index contributed by atoms with van der Waals surface area (Å²) in [5.41, 5.74) is -0.444. The number of guanidine groups is 1. The lowest BCUT2D eigenvalue weighted by molar-refractivity contribution is -0.138. The van der Waals surface area contributed by atoms with Gasteiger partial charge in [-0.1, -0.05) is 22.0 Å². The van der Waals surface area contributed by atoms with Gasteiger partial charge in [0.25, 0.3) is 0 Å². The van der Waals surface area contributed by atoms with Crippen molar-refractivity contribution in [2.75, 3.05) is 6.54 Å². The van der Waals surface area contributed by atoms with Gasteiger partial charge in [0.1, 0.15) is 0 Å². The molecule has 0 radical (unpaired) electrons. The third-order valence-electron chi connectivity index (χ3n) is 2.73. The molecule has 0 saturated carbocycles. The van der Waals surface area contributed by atoms with Crippen LogP contribution in [-0.4, -0.2) is 18.5 Å². The number of rotatable bonds is 2. The van der Waals surface area contributed by atoms with Crippen LogP contribution in [0, 0.1) is 0 Å². The molecule has 0 fully saturated rings.